The number of rotatable bonds is 10. The molecule has 0 radical (unpaired) electrons. The third kappa shape index (κ3) is 7.04. The molecule has 5 rings (SSSR count). The molecule has 3 N–H and O–H groups in total. The van der Waals surface area contributed by atoms with Gasteiger partial charge in [0.05, 0.1) is 17.9 Å². The second-order valence-electron chi connectivity index (χ2n) is 9.93. The van der Waals surface area contributed by atoms with E-state index in [9.17, 15) is 14.4 Å². The van der Waals surface area contributed by atoms with Crippen LogP contribution in [0.3, 0.4) is 0 Å². The first-order valence-electron chi connectivity index (χ1n) is 13.5. The Morgan fingerprint density at radius 2 is 1.73 bits per heavy atom. The highest BCUT2D eigenvalue weighted by atomic mass is 32.2. The van der Waals surface area contributed by atoms with Crippen LogP contribution >= 0.6 is 23.1 Å². The number of fused-ring (bicyclic) bond motifs is 1. The average molecular weight is 589 g/mol. The van der Waals surface area contributed by atoms with Crippen LogP contribution in [0.2, 0.25) is 0 Å². The van der Waals surface area contributed by atoms with Crippen LogP contribution in [-0.4, -0.2) is 38.2 Å². The minimum atomic E-state index is -0.219. The normalized spacial score (nSPS) is 12.4. The van der Waals surface area contributed by atoms with E-state index < -0.39 is 0 Å². The van der Waals surface area contributed by atoms with E-state index in [1.54, 1.807) is 17.7 Å². The largest absolute Gasteiger partial charge is 0.348 e. The summed E-state index contributed by atoms with van der Waals surface area (Å²) < 4.78 is 1.76. The van der Waals surface area contributed by atoms with Crippen LogP contribution in [0.5, 0.6) is 0 Å². The van der Waals surface area contributed by atoms with Gasteiger partial charge in [-0.1, -0.05) is 59.8 Å². The molecule has 1 aliphatic carbocycles. The van der Waals surface area contributed by atoms with Gasteiger partial charge in [-0.05, 0) is 55.9 Å². The van der Waals surface area contributed by atoms with Crippen LogP contribution in [0, 0.1) is 6.92 Å². The van der Waals surface area contributed by atoms with Gasteiger partial charge < -0.3 is 20.5 Å². The highest BCUT2D eigenvalue weighted by Crippen LogP contribution is 2.38. The van der Waals surface area contributed by atoms with Gasteiger partial charge in [-0.15, -0.1) is 21.5 Å². The summed E-state index contributed by atoms with van der Waals surface area (Å²) in [5.74, 6) is 0.115. The van der Waals surface area contributed by atoms with Gasteiger partial charge in [0, 0.05) is 24.0 Å². The predicted octanol–water partition coefficient (Wildman–Crippen LogP) is 4.65. The number of aromatic nitrogens is 3. The maximum Gasteiger partial charge on any atom is 0.254 e. The van der Waals surface area contributed by atoms with Crippen molar-refractivity contribution in [1.82, 2.24) is 25.4 Å². The maximum atomic E-state index is 13.3. The Kier molecular flexibility index (Phi) is 9.15. The van der Waals surface area contributed by atoms with Gasteiger partial charge in [0.25, 0.3) is 11.8 Å². The molecule has 2 aromatic carbocycles. The van der Waals surface area contributed by atoms with Crippen molar-refractivity contribution >= 4 is 45.8 Å². The lowest BCUT2D eigenvalue weighted by molar-refractivity contribution is -0.113. The molecular formula is C30H32N6O3S2. The maximum absolute atomic E-state index is 13.3. The highest BCUT2D eigenvalue weighted by molar-refractivity contribution is 7.99. The molecule has 0 spiro atoms. The summed E-state index contributed by atoms with van der Waals surface area (Å²) in [6, 6.07) is 17.1. The number of amides is 3. The van der Waals surface area contributed by atoms with Crippen molar-refractivity contribution < 1.29 is 14.4 Å². The van der Waals surface area contributed by atoms with Crippen LogP contribution in [0.25, 0.3) is 0 Å². The molecule has 0 atom stereocenters. The first-order chi connectivity index (χ1) is 19.9. The Morgan fingerprint density at radius 1 is 0.951 bits per heavy atom. The summed E-state index contributed by atoms with van der Waals surface area (Å²) in [6.45, 7) is 2.58. The van der Waals surface area contributed by atoms with Crippen molar-refractivity contribution in [2.75, 3.05) is 11.1 Å². The van der Waals surface area contributed by atoms with Gasteiger partial charge >= 0.3 is 0 Å². The molecule has 9 nitrogen and oxygen atoms in total. The number of nitrogens with zero attached hydrogens (tertiary/aromatic N) is 3. The Morgan fingerprint density at radius 3 is 2.54 bits per heavy atom. The van der Waals surface area contributed by atoms with Gasteiger partial charge in [0.2, 0.25) is 5.91 Å². The smallest absolute Gasteiger partial charge is 0.254 e. The highest BCUT2D eigenvalue weighted by Gasteiger charge is 2.26. The van der Waals surface area contributed by atoms with E-state index in [4.69, 9.17) is 0 Å². The van der Waals surface area contributed by atoms with Gasteiger partial charge in [0.1, 0.15) is 5.00 Å². The van der Waals surface area contributed by atoms with Gasteiger partial charge in [-0.3, -0.25) is 14.4 Å². The summed E-state index contributed by atoms with van der Waals surface area (Å²) in [7, 11) is 1.80. The van der Waals surface area contributed by atoms with E-state index >= 15 is 0 Å². The zero-order valence-corrected chi connectivity index (χ0v) is 24.7. The number of carbonyl (C=O) groups excluding carboxylic acids is 3. The number of benzene rings is 2. The number of anilines is 1. The first-order valence-corrected chi connectivity index (χ1v) is 15.3. The molecule has 0 aliphatic heterocycles. The molecule has 1 aliphatic rings. The quantitative estimate of drug-likeness (QED) is 0.232. The molecule has 0 saturated carbocycles. The zero-order chi connectivity index (χ0) is 28.8. The molecule has 0 fully saturated rings. The first kappa shape index (κ1) is 28.6. The SMILES string of the molecule is Cc1cccc(C(=O)NCc2nnc(SCC(=O)Nc3sc4c(c3C(=O)NCc3ccccc3)CCCC4)n2C)c1. The summed E-state index contributed by atoms with van der Waals surface area (Å²) >= 11 is 2.76. The number of carbonyl (C=O) groups is 3. The fourth-order valence-electron chi connectivity index (χ4n) is 4.73. The molecule has 4 aromatic rings. The van der Waals surface area contributed by atoms with Crippen molar-refractivity contribution in [2.45, 2.75) is 50.9 Å². The molecule has 2 heterocycles. The third-order valence-corrected chi connectivity index (χ3v) is 9.12. The Labute approximate surface area is 247 Å². The lowest BCUT2D eigenvalue weighted by Gasteiger charge is -2.13. The molecule has 212 valence electrons. The van der Waals surface area contributed by atoms with Gasteiger partial charge in [-0.25, -0.2) is 0 Å². The van der Waals surface area contributed by atoms with Crippen LogP contribution in [0.4, 0.5) is 5.00 Å². The predicted molar refractivity (Wildman–Crippen MR) is 161 cm³/mol. The number of hydrogen-bond acceptors (Lipinski definition) is 7. The Bertz CT molecular complexity index is 1560. The Hall–Kier alpha value is -3.96. The lowest BCUT2D eigenvalue weighted by Crippen LogP contribution is -2.25. The minimum absolute atomic E-state index is 0.106. The number of hydrogen-bond donors (Lipinski definition) is 3. The molecule has 41 heavy (non-hydrogen) atoms. The van der Waals surface area contributed by atoms with Crippen molar-refractivity contribution in [2.24, 2.45) is 7.05 Å². The molecule has 11 heteroatoms. The van der Waals surface area contributed by atoms with Gasteiger partial charge in [-0.2, -0.15) is 0 Å². The molecular weight excluding hydrogens is 557 g/mol. The topological polar surface area (TPSA) is 118 Å². The van der Waals surface area contributed by atoms with Crippen LogP contribution in [-0.2, 0) is 37.8 Å². The fourth-order valence-corrected chi connectivity index (χ4v) is 6.76. The van der Waals surface area contributed by atoms with Crippen LogP contribution in [0.1, 0.15) is 60.9 Å². The summed E-state index contributed by atoms with van der Waals surface area (Å²) in [5.41, 5.74) is 4.26. The number of thiophene rings is 1. The Balaban J connectivity index is 1.19. The fraction of sp³-hybridized carbons (Fsp3) is 0.300. The van der Waals surface area contributed by atoms with E-state index in [-0.39, 0.29) is 30.0 Å². The monoisotopic (exact) mass is 588 g/mol. The van der Waals surface area contributed by atoms with Crippen LogP contribution in [0.15, 0.2) is 59.8 Å². The second kappa shape index (κ2) is 13.1. The summed E-state index contributed by atoms with van der Waals surface area (Å²) in [6.07, 6.45) is 3.88. The summed E-state index contributed by atoms with van der Waals surface area (Å²) in [4.78, 5) is 39.9. The summed E-state index contributed by atoms with van der Waals surface area (Å²) in [5, 5.41) is 18.4. The molecule has 0 saturated heterocycles. The van der Waals surface area contributed by atoms with Crippen LogP contribution < -0.4 is 16.0 Å². The van der Waals surface area contributed by atoms with Crippen molar-refractivity contribution in [3.63, 3.8) is 0 Å². The van der Waals surface area contributed by atoms with E-state index in [0.29, 0.717) is 33.7 Å². The lowest BCUT2D eigenvalue weighted by atomic mass is 9.95. The number of aryl methyl sites for hydroxylation is 2. The number of nitrogens with one attached hydrogen (secondary N) is 3. The second-order valence-corrected chi connectivity index (χ2v) is 12.0. The van der Waals surface area contributed by atoms with Gasteiger partial charge in [0.15, 0.2) is 11.0 Å². The van der Waals surface area contributed by atoms with E-state index in [2.05, 4.69) is 26.1 Å². The van der Waals surface area contributed by atoms with Crippen molar-refractivity contribution in [3.8, 4) is 0 Å². The molecule has 0 bridgehead atoms. The standard InChI is InChI=1S/C30H32N6O3S2/c1-19-9-8-12-21(15-19)27(38)32-17-24-34-35-30(36(24)2)40-18-25(37)33-29-26(22-13-6-7-14-23(22)41-29)28(39)31-16-20-10-4-3-5-11-20/h3-5,8-12,15H,6-7,13-14,16-18H2,1-2H3,(H,31,39)(H,32,38)(H,33,37). The molecule has 0 unspecified atom stereocenters. The van der Waals surface area contributed by atoms with E-state index in [0.717, 1.165) is 42.4 Å². The van der Waals surface area contributed by atoms with E-state index in [1.807, 2.05) is 55.5 Å². The van der Waals surface area contributed by atoms with Crippen molar-refractivity contribution in [3.05, 3.63) is 93.1 Å². The molecule has 2 aromatic heterocycles. The number of thioether (sulfide) groups is 1. The zero-order valence-electron chi connectivity index (χ0n) is 23.0. The third-order valence-electron chi connectivity index (χ3n) is 6.89. The average Bonchev–Trinajstić information content (AvgIpc) is 3.53. The minimum Gasteiger partial charge on any atom is -0.348 e. The molecule has 3 amide bonds. The van der Waals surface area contributed by atoms with Crippen molar-refractivity contribution in [1.29, 1.82) is 0 Å². The van der Waals surface area contributed by atoms with E-state index in [1.165, 1.54) is 28.0 Å².